The number of hydrogen-bond acceptors (Lipinski definition) is 3. The number of hydrogen-bond donors (Lipinski definition) is 0. The molecular formula is C18H16BrN3O2. The summed E-state index contributed by atoms with van der Waals surface area (Å²) in [5.74, 6) is -0.144. The summed E-state index contributed by atoms with van der Waals surface area (Å²) >= 11 is 3.44. The molecule has 122 valence electrons. The van der Waals surface area contributed by atoms with Crippen LogP contribution in [0.5, 0.6) is 0 Å². The van der Waals surface area contributed by atoms with Gasteiger partial charge in [0.1, 0.15) is 18.2 Å². The van der Waals surface area contributed by atoms with Gasteiger partial charge in [0, 0.05) is 22.4 Å². The fraction of sp³-hybridized carbons (Fsp3) is 0.278. The van der Waals surface area contributed by atoms with Gasteiger partial charge in [-0.15, -0.1) is 0 Å². The molecule has 0 radical (unpaired) electrons. The predicted molar refractivity (Wildman–Crippen MR) is 95.1 cm³/mol. The highest BCUT2D eigenvalue weighted by Crippen LogP contribution is 2.30. The minimum absolute atomic E-state index is 0.0604. The molecule has 0 spiro atoms. The monoisotopic (exact) mass is 385 g/mol. The second-order valence-corrected chi connectivity index (χ2v) is 6.83. The Kier molecular flexibility index (Phi) is 4.29. The Morgan fingerprint density at radius 1 is 1.33 bits per heavy atom. The highest BCUT2D eigenvalue weighted by atomic mass is 79.9. The number of carbonyl (C=O) groups excluding carboxylic acids is 1. The van der Waals surface area contributed by atoms with Crippen LogP contribution in [0.2, 0.25) is 0 Å². The number of anilines is 1. The van der Waals surface area contributed by atoms with Crippen molar-refractivity contribution < 1.29 is 4.79 Å². The molecule has 0 atom stereocenters. The Balaban J connectivity index is 1.93. The molecule has 1 aliphatic rings. The molecule has 0 aliphatic carbocycles. The number of carbonyl (C=O) groups is 1. The summed E-state index contributed by atoms with van der Waals surface area (Å²) in [5, 5.41) is 9.15. The van der Waals surface area contributed by atoms with Crippen molar-refractivity contribution in [2.75, 3.05) is 11.4 Å². The lowest BCUT2D eigenvalue weighted by atomic mass is 10.1. The van der Waals surface area contributed by atoms with E-state index in [9.17, 15) is 9.59 Å². The number of nitrogens with zero attached hydrogens (tertiary/aromatic N) is 3. The normalized spacial score (nSPS) is 12.8. The van der Waals surface area contributed by atoms with Crippen LogP contribution in [0.15, 0.2) is 33.5 Å². The van der Waals surface area contributed by atoms with Crippen molar-refractivity contribution in [3.05, 3.63) is 61.5 Å². The fourth-order valence-electron chi connectivity index (χ4n) is 3.11. The second kappa shape index (κ2) is 6.25. The molecule has 1 aliphatic heterocycles. The van der Waals surface area contributed by atoms with Crippen molar-refractivity contribution in [2.45, 2.75) is 26.8 Å². The average molecular weight is 386 g/mol. The van der Waals surface area contributed by atoms with Crippen molar-refractivity contribution in [3.63, 3.8) is 0 Å². The standard InChI is InChI=1S/C18H16BrN3O2/c1-11-7-12(2)22(18(24)15(11)9-20)10-17(23)21-6-5-13-8-14(19)3-4-16(13)21/h3-4,7-8H,5-6,10H2,1-2H3. The summed E-state index contributed by atoms with van der Waals surface area (Å²) in [7, 11) is 0. The molecule has 1 aromatic heterocycles. The van der Waals surface area contributed by atoms with Crippen LogP contribution in [0.25, 0.3) is 0 Å². The molecule has 5 nitrogen and oxygen atoms in total. The summed E-state index contributed by atoms with van der Waals surface area (Å²) in [6, 6.07) is 9.53. The third-order valence-corrected chi connectivity index (χ3v) is 4.84. The number of aryl methyl sites for hydroxylation is 2. The van der Waals surface area contributed by atoms with Gasteiger partial charge in [-0.1, -0.05) is 15.9 Å². The molecule has 0 N–H and O–H groups in total. The number of fused-ring (bicyclic) bond motifs is 1. The molecule has 0 unspecified atom stereocenters. The third kappa shape index (κ3) is 2.76. The molecule has 3 rings (SSSR count). The highest BCUT2D eigenvalue weighted by molar-refractivity contribution is 9.10. The first-order chi connectivity index (χ1) is 11.4. The van der Waals surface area contributed by atoms with E-state index in [1.54, 1.807) is 24.8 Å². The minimum atomic E-state index is -0.404. The quantitative estimate of drug-likeness (QED) is 0.797. The summed E-state index contributed by atoms with van der Waals surface area (Å²) in [5.41, 5.74) is 3.02. The van der Waals surface area contributed by atoms with Gasteiger partial charge in [0.15, 0.2) is 0 Å². The highest BCUT2D eigenvalue weighted by Gasteiger charge is 2.25. The van der Waals surface area contributed by atoms with Crippen LogP contribution < -0.4 is 10.5 Å². The van der Waals surface area contributed by atoms with E-state index in [0.717, 1.165) is 22.1 Å². The summed E-state index contributed by atoms with van der Waals surface area (Å²) in [4.78, 5) is 26.9. The maximum absolute atomic E-state index is 12.7. The number of rotatable bonds is 2. The predicted octanol–water partition coefficient (Wildman–Crippen LogP) is 2.69. The van der Waals surface area contributed by atoms with Gasteiger partial charge in [0.25, 0.3) is 5.56 Å². The van der Waals surface area contributed by atoms with E-state index in [4.69, 9.17) is 5.26 Å². The largest absolute Gasteiger partial charge is 0.310 e. The van der Waals surface area contributed by atoms with Gasteiger partial charge in [0.05, 0.1) is 0 Å². The molecule has 6 heteroatoms. The van der Waals surface area contributed by atoms with Crippen LogP contribution in [0.1, 0.15) is 22.4 Å². The van der Waals surface area contributed by atoms with Crippen LogP contribution in [0.4, 0.5) is 5.69 Å². The van der Waals surface area contributed by atoms with Crippen LogP contribution in [-0.4, -0.2) is 17.0 Å². The van der Waals surface area contributed by atoms with E-state index in [1.807, 2.05) is 24.3 Å². The zero-order valence-electron chi connectivity index (χ0n) is 13.5. The number of halogens is 1. The number of aromatic nitrogens is 1. The number of nitriles is 1. The average Bonchev–Trinajstić information content (AvgIpc) is 2.94. The van der Waals surface area contributed by atoms with Crippen molar-refractivity contribution in [1.82, 2.24) is 4.57 Å². The second-order valence-electron chi connectivity index (χ2n) is 5.92. The third-order valence-electron chi connectivity index (χ3n) is 4.35. The van der Waals surface area contributed by atoms with Crippen molar-refractivity contribution in [1.29, 1.82) is 5.26 Å². The molecular weight excluding hydrogens is 370 g/mol. The van der Waals surface area contributed by atoms with Crippen molar-refractivity contribution in [3.8, 4) is 6.07 Å². The number of pyridine rings is 1. The van der Waals surface area contributed by atoms with Gasteiger partial charge in [-0.3, -0.25) is 9.59 Å². The van der Waals surface area contributed by atoms with E-state index in [2.05, 4.69) is 15.9 Å². The minimum Gasteiger partial charge on any atom is -0.310 e. The van der Waals surface area contributed by atoms with Crippen molar-refractivity contribution in [2.24, 2.45) is 0 Å². The van der Waals surface area contributed by atoms with E-state index >= 15 is 0 Å². The number of amides is 1. The van der Waals surface area contributed by atoms with E-state index in [1.165, 1.54) is 4.57 Å². The molecule has 0 saturated carbocycles. The van der Waals surface area contributed by atoms with Crippen LogP contribution in [-0.2, 0) is 17.8 Å². The van der Waals surface area contributed by atoms with Crippen LogP contribution >= 0.6 is 15.9 Å². The number of benzene rings is 1. The van der Waals surface area contributed by atoms with Crippen LogP contribution in [0.3, 0.4) is 0 Å². The topological polar surface area (TPSA) is 66.1 Å². The molecule has 1 amide bonds. The van der Waals surface area contributed by atoms with E-state index in [-0.39, 0.29) is 18.0 Å². The zero-order valence-corrected chi connectivity index (χ0v) is 15.1. The molecule has 24 heavy (non-hydrogen) atoms. The molecule has 2 aromatic rings. The van der Waals surface area contributed by atoms with E-state index < -0.39 is 5.56 Å². The molecule has 0 bridgehead atoms. The van der Waals surface area contributed by atoms with Crippen LogP contribution in [0, 0.1) is 25.2 Å². The lowest BCUT2D eigenvalue weighted by Crippen LogP contribution is -2.37. The Morgan fingerprint density at radius 3 is 2.79 bits per heavy atom. The molecule has 1 aromatic carbocycles. The van der Waals surface area contributed by atoms with Gasteiger partial charge < -0.3 is 9.47 Å². The Morgan fingerprint density at radius 2 is 2.08 bits per heavy atom. The molecule has 2 heterocycles. The van der Waals surface area contributed by atoms with Gasteiger partial charge in [-0.25, -0.2) is 0 Å². The summed E-state index contributed by atoms with van der Waals surface area (Å²) < 4.78 is 2.37. The maximum atomic E-state index is 12.7. The smallest absolute Gasteiger partial charge is 0.269 e. The SMILES string of the molecule is Cc1cc(C)n(CC(=O)N2CCc3cc(Br)ccc32)c(=O)c1C#N. The van der Waals surface area contributed by atoms with Gasteiger partial charge in [0.2, 0.25) is 5.91 Å². The lowest BCUT2D eigenvalue weighted by Gasteiger charge is -2.19. The first-order valence-electron chi connectivity index (χ1n) is 7.62. The molecule has 0 fully saturated rings. The van der Waals surface area contributed by atoms with Crippen molar-refractivity contribution >= 4 is 27.5 Å². The first-order valence-corrected chi connectivity index (χ1v) is 8.41. The fourth-order valence-corrected chi connectivity index (χ4v) is 3.52. The Bertz CT molecular complexity index is 941. The first kappa shape index (κ1) is 16.5. The van der Waals surface area contributed by atoms with Gasteiger partial charge in [-0.2, -0.15) is 5.26 Å². The van der Waals surface area contributed by atoms with Gasteiger partial charge in [-0.05, 0) is 55.7 Å². The maximum Gasteiger partial charge on any atom is 0.269 e. The molecule has 0 saturated heterocycles. The Labute approximate surface area is 148 Å². The van der Waals surface area contributed by atoms with Gasteiger partial charge >= 0.3 is 0 Å². The lowest BCUT2D eigenvalue weighted by molar-refractivity contribution is -0.119. The zero-order chi connectivity index (χ0) is 17.4. The summed E-state index contributed by atoms with van der Waals surface area (Å²) in [6.45, 7) is 4.05. The Hall–Kier alpha value is -2.39. The van der Waals surface area contributed by atoms with E-state index in [0.29, 0.717) is 17.8 Å². The summed E-state index contributed by atoms with van der Waals surface area (Å²) in [6.07, 6.45) is 0.797.